The normalized spacial score (nSPS) is 16.0. The molecule has 9 heteroatoms. The quantitative estimate of drug-likeness (QED) is 0.733. The lowest BCUT2D eigenvalue weighted by Crippen LogP contribution is -2.37. The summed E-state index contributed by atoms with van der Waals surface area (Å²) < 4.78 is 40.8. The van der Waals surface area contributed by atoms with E-state index in [1.54, 1.807) is 18.2 Å². The number of carbonyl (C=O) groups excluding carboxylic acids is 1. The average Bonchev–Trinajstić information content (AvgIpc) is 2.59. The summed E-state index contributed by atoms with van der Waals surface area (Å²) in [5, 5.41) is 13.8. The van der Waals surface area contributed by atoms with Crippen molar-refractivity contribution in [3.05, 3.63) is 59.2 Å². The minimum Gasteiger partial charge on any atom is -0.465 e. The van der Waals surface area contributed by atoms with Gasteiger partial charge in [0.15, 0.2) is 0 Å². The minimum atomic E-state index is -4.81. The molecule has 0 saturated heterocycles. The number of amides is 2. The maximum atomic E-state index is 12.4. The molecule has 1 aliphatic rings. The van der Waals surface area contributed by atoms with Crippen LogP contribution in [0.4, 0.5) is 23.7 Å². The van der Waals surface area contributed by atoms with Gasteiger partial charge in [-0.05, 0) is 54.7 Å². The Morgan fingerprint density at radius 3 is 2.61 bits per heavy atom. The van der Waals surface area contributed by atoms with Crippen molar-refractivity contribution in [3.8, 4) is 5.75 Å². The minimum absolute atomic E-state index is 0.166. The number of aryl methyl sites for hydroxylation is 1. The van der Waals surface area contributed by atoms with Crippen LogP contribution in [0, 0.1) is 0 Å². The number of halogens is 3. The predicted octanol–water partition coefficient (Wildman–Crippen LogP) is 3.96. The summed E-state index contributed by atoms with van der Waals surface area (Å²) in [7, 11) is 0. The third kappa shape index (κ3) is 5.15. The van der Waals surface area contributed by atoms with Crippen molar-refractivity contribution in [2.45, 2.75) is 31.7 Å². The molecule has 3 rings (SSSR count). The molecule has 0 bridgehead atoms. The number of anilines is 1. The number of benzene rings is 2. The number of fused-ring (bicyclic) bond motifs is 1. The monoisotopic (exact) mass is 394 g/mol. The standard InChI is InChI=1S/C19H17F3N2O4/c20-19(21,22)28-16-3-1-2-14(10-16)23-17(25)13-5-4-12-9-15(24-18(26)27)7-6-11(12)8-13/h1-5,8,10,15,24H,6-7,9H2,(H,23,25)(H,26,27). The largest absolute Gasteiger partial charge is 0.573 e. The van der Waals surface area contributed by atoms with E-state index in [2.05, 4.69) is 15.4 Å². The lowest BCUT2D eigenvalue weighted by atomic mass is 9.87. The van der Waals surface area contributed by atoms with Crippen molar-refractivity contribution in [2.24, 2.45) is 0 Å². The lowest BCUT2D eigenvalue weighted by Gasteiger charge is -2.24. The van der Waals surface area contributed by atoms with E-state index >= 15 is 0 Å². The second kappa shape index (κ2) is 7.79. The van der Waals surface area contributed by atoms with E-state index in [1.807, 2.05) is 0 Å². The molecule has 2 aromatic rings. The summed E-state index contributed by atoms with van der Waals surface area (Å²) in [6.45, 7) is 0. The van der Waals surface area contributed by atoms with E-state index in [4.69, 9.17) is 5.11 Å². The van der Waals surface area contributed by atoms with Crippen LogP contribution in [-0.4, -0.2) is 29.5 Å². The van der Waals surface area contributed by atoms with E-state index < -0.39 is 24.1 Å². The summed E-state index contributed by atoms with van der Waals surface area (Å²) in [4.78, 5) is 23.2. The Balaban J connectivity index is 1.69. The van der Waals surface area contributed by atoms with Crippen LogP contribution in [0.2, 0.25) is 0 Å². The van der Waals surface area contributed by atoms with Gasteiger partial charge in [0.2, 0.25) is 0 Å². The molecule has 2 aromatic carbocycles. The summed E-state index contributed by atoms with van der Waals surface area (Å²) in [5.74, 6) is -0.884. The van der Waals surface area contributed by atoms with Crippen LogP contribution in [0.1, 0.15) is 27.9 Å². The molecule has 2 amide bonds. The second-order valence-corrected chi connectivity index (χ2v) is 6.40. The van der Waals surface area contributed by atoms with Crippen LogP contribution < -0.4 is 15.4 Å². The smallest absolute Gasteiger partial charge is 0.465 e. The second-order valence-electron chi connectivity index (χ2n) is 6.40. The zero-order valence-corrected chi connectivity index (χ0v) is 14.5. The number of nitrogens with one attached hydrogen (secondary N) is 2. The van der Waals surface area contributed by atoms with Gasteiger partial charge in [-0.15, -0.1) is 13.2 Å². The fourth-order valence-corrected chi connectivity index (χ4v) is 3.17. The number of alkyl halides is 3. The Labute approximate surface area is 158 Å². The first-order valence-corrected chi connectivity index (χ1v) is 8.48. The van der Waals surface area contributed by atoms with E-state index in [9.17, 15) is 22.8 Å². The molecule has 148 valence electrons. The van der Waals surface area contributed by atoms with E-state index in [-0.39, 0.29) is 11.7 Å². The molecule has 1 unspecified atom stereocenters. The molecular formula is C19H17F3N2O4. The van der Waals surface area contributed by atoms with Gasteiger partial charge in [0.25, 0.3) is 5.91 Å². The third-order valence-electron chi connectivity index (χ3n) is 4.35. The average molecular weight is 394 g/mol. The number of hydrogen-bond acceptors (Lipinski definition) is 3. The molecule has 0 heterocycles. The highest BCUT2D eigenvalue weighted by Crippen LogP contribution is 2.26. The summed E-state index contributed by atoms with van der Waals surface area (Å²) in [6, 6.07) is 9.96. The van der Waals surface area contributed by atoms with Crippen LogP contribution in [0.3, 0.4) is 0 Å². The lowest BCUT2D eigenvalue weighted by molar-refractivity contribution is -0.274. The van der Waals surface area contributed by atoms with Crippen LogP contribution in [0.5, 0.6) is 5.75 Å². The molecule has 3 N–H and O–H groups in total. The van der Waals surface area contributed by atoms with Crippen molar-refractivity contribution in [3.63, 3.8) is 0 Å². The third-order valence-corrected chi connectivity index (χ3v) is 4.35. The molecule has 1 atom stereocenters. The van der Waals surface area contributed by atoms with Gasteiger partial charge in [-0.3, -0.25) is 4.79 Å². The fourth-order valence-electron chi connectivity index (χ4n) is 3.17. The molecule has 1 aliphatic carbocycles. The maximum Gasteiger partial charge on any atom is 0.573 e. The van der Waals surface area contributed by atoms with E-state index in [1.165, 1.54) is 12.1 Å². The van der Waals surface area contributed by atoms with Crippen molar-refractivity contribution in [2.75, 3.05) is 5.32 Å². The summed E-state index contributed by atoms with van der Waals surface area (Å²) in [5.41, 5.74) is 2.45. The molecule has 0 saturated carbocycles. The van der Waals surface area contributed by atoms with Gasteiger partial charge in [0.1, 0.15) is 5.75 Å². The van der Waals surface area contributed by atoms with Gasteiger partial charge in [0, 0.05) is 23.4 Å². The Bertz CT molecular complexity index is 899. The van der Waals surface area contributed by atoms with Crippen molar-refractivity contribution in [1.82, 2.24) is 5.32 Å². The molecule has 0 radical (unpaired) electrons. The zero-order valence-electron chi connectivity index (χ0n) is 14.5. The number of hydrogen-bond donors (Lipinski definition) is 3. The molecule has 0 spiro atoms. The first kappa shape index (κ1) is 19.5. The van der Waals surface area contributed by atoms with Gasteiger partial charge < -0.3 is 20.5 Å². The molecular weight excluding hydrogens is 377 g/mol. The summed E-state index contributed by atoms with van der Waals surface area (Å²) in [6.07, 6.45) is -4.09. The van der Waals surface area contributed by atoms with Gasteiger partial charge in [-0.1, -0.05) is 12.1 Å². The van der Waals surface area contributed by atoms with Gasteiger partial charge in [-0.25, -0.2) is 4.79 Å². The molecule has 0 fully saturated rings. The van der Waals surface area contributed by atoms with Crippen LogP contribution in [0.15, 0.2) is 42.5 Å². The highest BCUT2D eigenvalue weighted by atomic mass is 19.4. The van der Waals surface area contributed by atoms with Crippen LogP contribution in [-0.2, 0) is 12.8 Å². The highest BCUT2D eigenvalue weighted by Gasteiger charge is 2.31. The van der Waals surface area contributed by atoms with Crippen molar-refractivity contribution in [1.29, 1.82) is 0 Å². The molecule has 28 heavy (non-hydrogen) atoms. The van der Waals surface area contributed by atoms with Gasteiger partial charge >= 0.3 is 12.5 Å². The predicted molar refractivity (Wildman–Crippen MR) is 94.5 cm³/mol. The number of ether oxygens (including phenoxy) is 1. The van der Waals surface area contributed by atoms with Gasteiger partial charge in [-0.2, -0.15) is 0 Å². The Hall–Kier alpha value is -3.23. The fraction of sp³-hybridized carbons (Fsp3) is 0.263. The van der Waals surface area contributed by atoms with Crippen molar-refractivity contribution >= 4 is 17.7 Å². The zero-order chi connectivity index (χ0) is 20.3. The number of carbonyl (C=O) groups is 2. The van der Waals surface area contributed by atoms with Gasteiger partial charge in [0.05, 0.1) is 0 Å². The molecule has 6 nitrogen and oxygen atoms in total. The Morgan fingerprint density at radius 1 is 1.11 bits per heavy atom. The highest BCUT2D eigenvalue weighted by molar-refractivity contribution is 6.04. The molecule has 0 aromatic heterocycles. The Kier molecular flexibility index (Phi) is 5.43. The summed E-state index contributed by atoms with van der Waals surface area (Å²) >= 11 is 0. The number of carboxylic acid groups (broad SMARTS) is 1. The van der Waals surface area contributed by atoms with E-state index in [0.29, 0.717) is 24.8 Å². The number of rotatable bonds is 4. The van der Waals surface area contributed by atoms with Crippen molar-refractivity contribution < 1.29 is 32.6 Å². The van der Waals surface area contributed by atoms with Crippen LogP contribution >= 0.6 is 0 Å². The molecule has 0 aliphatic heterocycles. The van der Waals surface area contributed by atoms with E-state index in [0.717, 1.165) is 23.3 Å². The Morgan fingerprint density at radius 2 is 1.89 bits per heavy atom. The SMILES string of the molecule is O=C(O)NC1CCc2cc(C(=O)Nc3cccc(OC(F)(F)F)c3)ccc2C1. The first-order valence-electron chi connectivity index (χ1n) is 8.48. The van der Waals surface area contributed by atoms with Crippen LogP contribution in [0.25, 0.3) is 0 Å². The first-order chi connectivity index (χ1) is 13.2. The maximum absolute atomic E-state index is 12.4. The topological polar surface area (TPSA) is 87.7 Å².